The van der Waals surface area contributed by atoms with E-state index in [1.54, 1.807) is 30.3 Å². The van der Waals surface area contributed by atoms with Crippen molar-refractivity contribution < 1.29 is 14.4 Å². The lowest BCUT2D eigenvalue weighted by Gasteiger charge is -2.09. The van der Waals surface area contributed by atoms with E-state index in [4.69, 9.17) is 27.9 Å². The Labute approximate surface area is 145 Å². The van der Waals surface area contributed by atoms with E-state index in [9.17, 15) is 9.66 Å². The zero-order chi connectivity index (χ0) is 16.4. The molecule has 0 saturated carbocycles. The molecule has 1 atom stereocenters. The number of halogens is 2. The number of rotatable bonds is 4. The standard InChI is InChI=1S/C16H11Cl2NO3S/c17-13-3-1-2-11(16(13)18)9-22-12-6-4-10(5-7-12)14-8-15(20)19-23(14)21/h1-8H,9H2,(H,19,20). The number of nitrogens with zero attached hydrogens (tertiary/aromatic N) is 1. The van der Waals surface area contributed by atoms with Crippen molar-refractivity contribution in [3.05, 3.63) is 64.1 Å². The molecule has 1 heterocycles. The van der Waals surface area contributed by atoms with Crippen LogP contribution in [0.2, 0.25) is 10.0 Å². The second kappa shape index (κ2) is 6.76. The zero-order valence-corrected chi connectivity index (χ0v) is 14.0. The van der Waals surface area contributed by atoms with Crippen LogP contribution in [-0.2, 0) is 6.61 Å². The minimum atomic E-state index is -1.56. The van der Waals surface area contributed by atoms with E-state index >= 15 is 0 Å². The van der Waals surface area contributed by atoms with Crippen LogP contribution < -0.4 is 4.74 Å². The van der Waals surface area contributed by atoms with Crippen LogP contribution in [0.4, 0.5) is 0 Å². The summed E-state index contributed by atoms with van der Waals surface area (Å²) in [5, 5.41) is 10.2. The van der Waals surface area contributed by atoms with Gasteiger partial charge in [0.15, 0.2) is 0 Å². The van der Waals surface area contributed by atoms with Gasteiger partial charge in [-0.25, -0.2) is 0 Å². The summed E-state index contributed by atoms with van der Waals surface area (Å²) >= 11 is 12.1. The highest BCUT2D eigenvalue weighted by Crippen LogP contribution is 2.34. The molecule has 0 aliphatic carbocycles. The maximum Gasteiger partial charge on any atom is 0.270 e. The second-order valence-electron chi connectivity index (χ2n) is 4.73. The molecule has 0 fully saturated rings. The first-order valence-electron chi connectivity index (χ1n) is 6.62. The number of ether oxygens (including phenoxy) is 1. The Morgan fingerprint density at radius 3 is 2.52 bits per heavy atom. The Balaban J connectivity index is 1.73. The first-order chi connectivity index (χ1) is 11.0. The minimum Gasteiger partial charge on any atom is -0.568 e. The molecule has 7 heteroatoms. The van der Waals surface area contributed by atoms with Gasteiger partial charge >= 0.3 is 0 Å². The Morgan fingerprint density at radius 2 is 1.87 bits per heavy atom. The van der Waals surface area contributed by atoms with Gasteiger partial charge in [0, 0.05) is 15.5 Å². The molecule has 1 unspecified atom stereocenters. The lowest BCUT2D eigenvalue weighted by molar-refractivity contribution is 0.306. The number of aromatic hydroxyl groups is 1. The quantitative estimate of drug-likeness (QED) is 0.653. The van der Waals surface area contributed by atoms with Gasteiger partial charge in [0.05, 0.1) is 27.1 Å². The van der Waals surface area contributed by atoms with E-state index in [1.807, 2.05) is 12.1 Å². The summed E-state index contributed by atoms with van der Waals surface area (Å²) in [5.74, 6) is 0.411. The van der Waals surface area contributed by atoms with Crippen LogP contribution in [0.5, 0.6) is 11.6 Å². The molecular weight excluding hydrogens is 357 g/mol. The molecule has 0 radical (unpaired) electrons. The van der Waals surface area contributed by atoms with Crippen LogP contribution in [0.3, 0.4) is 0 Å². The van der Waals surface area contributed by atoms with Crippen molar-refractivity contribution in [2.75, 3.05) is 0 Å². The molecule has 0 saturated heterocycles. The van der Waals surface area contributed by atoms with Gasteiger partial charge in [0.1, 0.15) is 12.4 Å². The third-order valence-electron chi connectivity index (χ3n) is 3.19. The molecule has 1 aromatic heterocycles. The van der Waals surface area contributed by atoms with Crippen molar-refractivity contribution in [3.63, 3.8) is 0 Å². The molecule has 0 amide bonds. The van der Waals surface area contributed by atoms with Crippen LogP contribution in [-0.4, -0.2) is 14.0 Å². The van der Waals surface area contributed by atoms with Crippen LogP contribution >= 0.6 is 34.1 Å². The van der Waals surface area contributed by atoms with E-state index < -0.39 is 10.9 Å². The number of hydrogen-bond donors (Lipinski definition) is 1. The van der Waals surface area contributed by atoms with E-state index in [2.05, 4.69) is 4.37 Å². The molecule has 118 valence electrons. The van der Waals surface area contributed by atoms with Crippen molar-refractivity contribution in [1.29, 1.82) is 0 Å². The minimum absolute atomic E-state index is 0.228. The third-order valence-corrected chi connectivity index (χ3v) is 5.13. The van der Waals surface area contributed by atoms with Crippen LogP contribution in [0.1, 0.15) is 5.56 Å². The molecule has 4 nitrogen and oxygen atoms in total. The fraction of sp³-hybridized carbons (Fsp3) is 0.0625. The summed E-state index contributed by atoms with van der Waals surface area (Å²) in [6.07, 6.45) is 0. The molecule has 0 spiro atoms. The summed E-state index contributed by atoms with van der Waals surface area (Å²) in [5.41, 5.74) is 1.51. The predicted octanol–water partition coefficient (Wildman–Crippen LogP) is 5.07. The molecule has 0 aliphatic heterocycles. The highest BCUT2D eigenvalue weighted by Gasteiger charge is 2.14. The van der Waals surface area contributed by atoms with Gasteiger partial charge in [-0.15, -0.1) is 0 Å². The summed E-state index contributed by atoms with van der Waals surface area (Å²) in [6.45, 7) is 0.289. The lowest BCUT2D eigenvalue weighted by Crippen LogP contribution is -1.96. The van der Waals surface area contributed by atoms with Gasteiger partial charge in [-0.3, -0.25) is 0 Å². The van der Waals surface area contributed by atoms with E-state index in [1.165, 1.54) is 6.07 Å². The molecule has 3 aromatic rings. The Kier molecular flexibility index (Phi) is 4.73. The van der Waals surface area contributed by atoms with Gasteiger partial charge in [0.25, 0.3) is 5.88 Å². The second-order valence-corrected chi connectivity index (χ2v) is 6.64. The summed E-state index contributed by atoms with van der Waals surface area (Å²) in [7, 11) is -1.56. The summed E-state index contributed by atoms with van der Waals surface area (Å²) < 4.78 is 20.9. The summed E-state index contributed by atoms with van der Waals surface area (Å²) in [4.78, 5) is 0.465. The van der Waals surface area contributed by atoms with Gasteiger partial charge in [-0.2, -0.15) is 0 Å². The summed E-state index contributed by atoms with van der Waals surface area (Å²) in [6, 6.07) is 13.8. The molecule has 2 aromatic carbocycles. The third kappa shape index (κ3) is 3.59. The fourth-order valence-corrected chi connectivity index (χ4v) is 3.29. The number of benzene rings is 2. The van der Waals surface area contributed by atoms with Gasteiger partial charge < -0.3 is 14.4 Å². The molecule has 0 aliphatic rings. The topological polar surface area (TPSA) is 65.4 Å². The van der Waals surface area contributed by atoms with Crippen LogP contribution in [0, 0.1) is 0 Å². The normalized spacial score (nSPS) is 11.5. The monoisotopic (exact) mass is 367 g/mol. The Morgan fingerprint density at radius 1 is 1.13 bits per heavy atom. The smallest absolute Gasteiger partial charge is 0.270 e. The number of hydrogen-bond acceptors (Lipinski definition) is 4. The van der Waals surface area contributed by atoms with Crippen LogP contribution in [0.15, 0.2) is 48.5 Å². The molecule has 0 bridgehead atoms. The molecule has 1 N–H and O–H groups in total. The van der Waals surface area contributed by atoms with Crippen LogP contribution in [0.25, 0.3) is 10.4 Å². The maximum absolute atomic E-state index is 11.7. The van der Waals surface area contributed by atoms with Crippen molar-refractivity contribution >= 4 is 34.1 Å². The van der Waals surface area contributed by atoms with Gasteiger partial charge in [-0.1, -0.05) is 35.3 Å². The average molecular weight is 368 g/mol. The SMILES string of the molecule is [O-][s+]1nc(O)cc1-c1ccc(OCc2cccc(Cl)c2Cl)cc1. The highest BCUT2D eigenvalue weighted by atomic mass is 35.5. The largest absolute Gasteiger partial charge is 0.568 e. The van der Waals surface area contributed by atoms with Gasteiger partial charge in [-0.05, 0) is 30.3 Å². The Bertz CT molecular complexity index is 834. The number of aromatic nitrogens is 1. The maximum atomic E-state index is 11.7. The van der Waals surface area contributed by atoms with E-state index in [-0.39, 0.29) is 12.5 Å². The molecule has 23 heavy (non-hydrogen) atoms. The van der Waals surface area contributed by atoms with Crippen molar-refractivity contribution in [1.82, 2.24) is 4.37 Å². The highest BCUT2D eigenvalue weighted by molar-refractivity contribution is 7.23. The first-order valence-corrected chi connectivity index (χ1v) is 8.48. The van der Waals surface area contributed by atoms with E-state index in [0.29, 0.717) is 26.2 Å². The van der Waals surface area contributed by atoms with Crippen molar-refractivity contribution in [2.24, 2.45) is 0 Å². The fourth-order valence-electron chi connectivity index (χ4n) is 2.05. The van der Waals surface area contributed by atoms with Crippen molar-refractivity contribution in [2.45, 2.75) is 6.61 Å². The van der Waals surface area contributed by atoms with Gasteiger partial charge in [0.2, 0.25) is 4.88 Å². The van der Waals surface area contributed by atoms with Crippen molar-refractivity contribution in [3.8, 4) is 22.1 Å². The first kappa shape index (κ1) is 16.1. The molecule has 3 rings (SSSR count). The average Bonchev–Trinajstić information content (AvgIpc) is 2.88. The predicted molar refractivity (Wildman–Crippen MR) is 90.8 cm³/mol. The Hall–Kier alpha value is -1.79. The molecular formula is C16H11Cl2NO3S. The van der Waals surface area contributed by atoms with E-state index in [0.717, 1.165) is 5.56 Å². The zero-order valence-electron chi connectivity index (χ0n) is 11.7. The lowest BCUT2D eigenvalue weighted by atomic mass is 10.2.